The Balaban J connectivity index is 1.54. The number of fused-ring (bicyclic) bond motifs is 1. The molecule has 2 amide bonds. The number of piperidine rings is 2. The second-order valence-electron chi connectivity index (χ2n) is 7.02. The van der Waals surface area contributed by atoms with Crippen molar-refractivity contribution in [3.05, 3.63) is 35.9 Å². The van der Waals surface area contributed by atoms with E-state index in [1.807, 2.05) is 30.0 Å². The summed E-state index contributed by atoms with van der Waals surface area (Å²) in [5.41, 5.74) is 1.22. The van der Waals surface area contributed by atoms with E-state index in [-0.39, 0.29) is 11.8 Å². The van der Waals surface area contributed by atoms with Gasteiger partial charge in [-0.1, -0.05) is 37.3 Å². The monoisotopic (exact) mass is 328 g/mol. The SMILES string of the molecule is CCC(=O)N1CCC[C@@H]2CN(C(=O)CCc3ccccc3)CC[C@H]21. The van der Waals surface area contributed by atoms with E-state index >= 15 is 0 Å². The first-order valence-corrected chi connectivity index (χ1v) is 9.30. The highest BCUT2D eigenvalue weighted by Crippen LogP contribution is 2.31. The molecule has 4 nitrogen and oxygen atoms in total. The summed E-state index contributed by atoms with van der Waals surface area (Å²) < 4.78 is 0. The van der Waals surface area contributed by atoms with Crippen LogP contribution in [-0.4, -0.2) is 47.3 Å². The molecule has 0 unspecified atom stereocenters. The molecule has 0 saturated carbocycles. The Bertz CT molecular complexity index is 572. The fourth-order valence-electron chi connectivity index (χ4n) is 4.20. The number of carbonyl (C=O) groups is 2. The number of benzene rings is 1. The lowest BCUT2D eigenvalue weighted by atomic mass is 9.83. The number of aryl methyl sites for hydroxylation is 1. The van der Waals surface area contributed by atoms with Gasteiger partial charge in [0.05, 0.1) is 0 Å². The maximum Gasteiger partial charge on any atom is 0.222 e. The number of hydrogen-bond donors (Lipinski definition) is 0. The molecule has 0 N–H and O–H groups in total. The lowest BCUT2D eigenvalue weighted by Crippen LogP contribution is -2.56. The van der Waals surface area contributed by atoms with Crippen LogP contribution in [0.1, 0.15) is 44.6 Å². The molecule has 2 heterocycles. The average molecular weight is 328 g/mol. The van der Waals surface area contributed by atoms with Crippen molar-refractivity contribution in [1.29, 1.82) is 0 Å². The predicted molar refractivity (Wildman–Crippen MR) is 94.5 cm³/mol. The van der Waals surface area contributed by atoms with E-state index in [2.05, 4.69) is 17.0 Å². The maximum atomic E-state index is 12.6. The summed E-state index contributed by atoms with van der Waals surface area (Å²) in [7, 11) is 0. The Morgan fingerprint density at radius 3 is 2.62 bits per heavy atom. The van der Waals surface area contributed by atoms with E-state index in [0.717, 1.165) is 45.3 Å². The van der Waals surface area contributed by atoms with E-state index < -0.39 is 0 Å². The van der Waals surface area contributed by atoms with Gasteiger partial charge in [0.25, 0.3) is 0 Å². The standard InChI is InChI=1S/C20H28N2O2/c1-2-19(23)22-13-6-9-17-15-21(14-12-18(17)22)20(24)11-10-16-7-4-3-5-8-16/h3-5,7-8,17-18H,2,6,9-15H2,1H3/t17-,18-/m1/s1. The molecule has 2 aliphatic rings. The van der Waals surface area contributed by atoms with Gasteiger partial charge in [0.1, 0.15) is 0 Å². The predicted octanol–water partition coefficient (Wildman–Crippen LogP) is 2.87. The fraction of sp³-hybridized carbons (Fsp3) is 0.600. The van der Waals surface area contributed by atoms with Crippen molar-refractivity contribution < 1.29 is 9.59 Å². The van der Waals surface area contributed by atoms with E-state index in [0.29, 0.717) is 24.8 Å². The molecule has 2 fully saturated rings. The van der Waals surface area contributed by atoms with Gasteiger partial charge in [-0.25, -0.2) is 0 Å². The zero-order valence-corrected chi connectivity index (χ0v) is 14.6. The van der Waals surface area contributed by atoms with Crippen LogP contribution in [0.15, 0.2) is 30.3 Å². The van der Waals surface area contributed by atoms with Gasteiger partial charge >= 0.3 is 0 Å². The number of rotatable bonds is 4. The molecule has 4 heteroatoms. The number of carbonyl (C=O) groups excluding carboxylic acids is 2. The molecule has 2 saturated heterocycles. The summed E-state index contributed by atoms with van der Waals surface area (Å²) in [6.07, 6.45) is 5.12. The third-order valence-electron chi connectivity index (χ3n) is 5.51. The summed E-state index contributed by atoms with van der Waals surface area (Å²) in [5, 5.41) is 0. The number of amides is 2. The first-order chi connectivity index (χ1) is 11.7. The van der Waals surface area contributed by atoms with Crippen LogP contribution in [0.25, 0.3) is 0 Å². The minimum absolute atomic E-state index is 0.260. The summed E-state index contributed by atoms with van der Waals surface area (Å²) >= 11 is 0. The molecule has 2 aliphatic heterocycles. The van der Waals surface area contributed by atoms with E-state index in [1.54, 1.807) is 0 Å². The molecule has 3 rings (SSSR count). The highest BCUT2D eigenvalue weighted by atomic mass is 16.2. The lowest BCUT2D eigenvalue weighted by molar-refractivity contribution is -0.141. The molecule has 0 bridgehead atoms. The molecule has 130 valence electrons. The number of likely N-dealkylation sites (tertiary alicyclic amines) is 2. The Morgan fingerprint density at radius 1 is 1.08 bits per heavy atom. The molecular formula is C20H28N2O2. The second kappa shape index (κ2) is 7.82. The van der Waals surface area contributed by atoms with Gasteiger partial charge < -0.3 is 9.80 Å². The highest BCUT2D eigenvalue weighted by Gasteiger charge is 2.38. The largest absolute Gasteiger partial charge is 0.342 e. The van der Waals surface area contributed by atoms with E-state index in [1.165, 1.54) is 5.56 Å². The molecule has 0 aliphatic carbocycles. The third-order valence-corrected chi connectivity index (χ3v) is 5.51. The molecule has 2 atom stereocenters. The molecular weight excluding hydrogens is 300 g/mol. The zero-order chi connectivity index (χ0) is 16.9. The van der Waals surface area contributed by atoms with Crippen LogP contribution < -0.4 is 0 Å². The molecule has 0 spiro atoms. The fourth-order valence-corrected chi connectivity index (χ4v) is 4.20. The van der Waals surface area contributed by atoms with Gasteiger partial charge in [0.15, 0.2) is 0 Å². The van der Waals surface area contributed by atoms with Crippen molar-refractivity contribution in [1.82, 2.24) is 9.80 Å². The van der Waals surface area contributed by atoms with Crippen molar-refractivity contribution in [2.24, 2.45) is 5.92 Å². The first kappa shape index (κ1) is 17.0. The summed E-state index contributed by atoms with van der Waals surface area (Å²) in [6.45, 7) is 4.46. The van der Waals surface area contributed by atoms with Gasteiger partial charge in [0.2, 0.25) is 11.8 Å². The minimum atomic E-state index is 0.260. The lowest BCUT2D eigenvalue weighted by Gasteiger charge is -2.47. The van der Waals surface area contributed by atoms with Gasteiger partial charge in [-0.15, -0.1) is 0 Å². The third kappa shape index (κ3) is 3.80. The number of nitrogens with zero attached hydrogens (tertiary/aromatic N) is 2. The highest BCUT2D eigenvalue weighted by molar-refractivity contribution is 5.77. The van der Waals surface area contributed by atoms with Crippen LogP contribution in [-0.2, 0) is 16.0 Å². The van der Waals surface area contributed by atoms with Crippen LogP contribution in [0, 0.1) is 5.92 Å². The van der Waals surface area contributed by atoms with Crippen LogP contribution in [0.3, 0.4) is 0 Å². The molecule has 0 radical (unpaired) electrons. The van der Waals surface area contributed by atoms with Gasteiger partial charge in [-0.2, -0.15) is 0 Å². The Kier molecular flexibility index (Phi) is 5.54. The van der Waals surface area contributed by atoms with E-state index in [4.69, 9.17) is 0 Å². The Labute approximate surface area is 144 Å². The van der Waals surface area contributed by atoms with Crippen LogP contribution in [0.4, 0.5) is 0 Å². The maximum absolute atomic E-state index is 12.6. The molecule has 1 aromatic rings. The Morgan fingerprint density at radius 2 is 1.88 bits per heavy atom. The van der Waals surface area contributed by atoms with E-state index in [9.17, 15) is 9.59 Å². The summed E-state index contributed by atoms with van der Waals surface area (Å²) in [5.74, 6) is 0.994. The van der Waals surface area contributed by atoms with Crippen molar-refractivity contribution in [3.8, 4) is 0 Å². The Hall–Kier alpha value is -1.84. The van der Waals surface area contributed by atoms with Crippen LogP contribution in [0.2, 0.25) is 0 Å². The van der Waals surface area contributed by atoms with Crippen molar-refractivity contribution in [2.75, 3.05) is 19.6 Å². The topological polar surface area (TPSA) is 40.6 Å². The number of hydrogen-bond acceptors (Lipinski definition) is 2. The second-order valence-corrected chi connectivity index (χ2v) is 7.02. The molecule has 1 aromatic carbocycles. The summed E-state index contributed by atoms with van der Waals surface area (Å²) in [4.78, 5) is 28.8. The first-order valence-electron chi connectivity index (χ1n) is 9.30. The van der Waals surface area contributed by atoms with Gasteiger partial charge in [-0.05, 0) is 37.2 Å². The van der Waals surface area contributed by atoms with Crippen molar-refractivity contribution in [3.63, 3.8) is 0 Å². The molecule has 24 heavy (non-hydrogen) atoms. The van der Waals surface area contributed by atoms with Crippen LogP contribution >= 0.6 is 0 Å². The van der Waals surface area contributed by atoms with Gasteiger partial charge in [-0.3, -0.25) is 9.59 Å². The zero-order valence-electron chi connectivity index (χ0n) is 14.6. The quantitative estimate of drug-likeness (QED) is 0.853. The van der Waals surface area contributed by atoms with Gasteiger partial charge in [0, 0.05) is 38.5 Å². The summed E-state index contributed by atoms with van der Waals surface area (Å²) in [6, 6.07) is 10.6. The van der Waals surface area contributed by atoms with Crippen molar-refractivity contribution in [2.45, 2.75) is 51.5 Å². The minimum Gasteiger partial charge on any atom is -0.342 e. The smallest absolute Gasteiger partial charge is 0.222 e. The molecule has 0 aromatic heterocycles. The van der Waals surface area contributed by atoms with Crippen LogP contribution in [0.5, 0.6) is 0 Å². The average Bonchev–Trinajstić information content (AvgIpc) is 2.65. The van der Waals surface area contributed by atoms with Crippen molar-refractivity contribution >= 4 is 11.8 Å². The normalized spacial score (nSPS) is 23.7.